The first kappa shape index (κ1) is 7.24. The summed E-state index contributed by atoms with van der Waals surface area (Å²) in [5.41, 5.74) is 0. The van der Waals surface area contributed by atoms with Crippen LogP contribution < -0.4 is 0 Å². The molecule has 0 amide bonds. The highest BCUT2D eigenvalue weighted by atomic mass is 16.7. The molecule has 4 atom stereocenters. The molecule has 4 rings (SSSR count). The van der Waals surface area contributed by atoms with E-state index in [2.05, 4.69) is 0 Å². The third kappa shape index (κ3) is 0.668. The Morgan fingerprint density at radius 3 is 2.62 bits per heavy atom. The highest BCUT2D eigenvalue weighted by Gasteiger charge is 2.69. The van der Waals surface area contributed by atoms with Crippen LogP contribution in [0.3, 0.4) is 0 Å². The second-order valence-corrected chi connectivity index (χ2v) is 5.21. The molecule has 2 bridgehead atoms. The minimum atomic E-state index is -0.0735. The molecule has 3 saturated carbocycles. The van der Waals surface area contributed by atoms with E-state index in [0.717, 1.165) is 36.9 Å². The van der Waals surface area contributed by atoms with Gasteiger partial charge in [0.05, 0.1) is 13.2 Å². The zero-order valence-electron chi connectivity index (χ0n) is 7.87. The smallest absolute Gasteiger partial charge is 0.174 e. The largest absolute Gasteiger partial charge is 0.347 e. The van der Waals surface area contributed by atoms with Gasteiger partial charge in [0.15, 0.2) is 5.79 Å². The fraction of sp³-hybridized carbons (Fsp3) is 1.00. The van der Waals surface area contributed by atoms with Crippen LogP contribution in [0.5, 0.6) is 0 Å². The number of hydrogen-bond acceptors (Lipinski definition) is 2. The van der Waals surface area contributed by atoms with E-state index in [9.17, 15) is 0 Å². The lowest BCUT2D eigenvalue weighted by atomic mass is 9.59. The SMILES string of the molecule is C1COC2(O1)C1CCC3CC1C2C3. The van der Waals surface area contributed by atoms with Gasteiger partial charge in [-0.25, -0.2) is 0 Å². The fourth-order valence-corrected chi connectivity index (χ4v) is 4.48. The predicted octanol–water partition coefficient (Wildman–Crippen LogP) is 1.80. The molecule has 4 unspecified atom stereocenters. The average molecular weight is 180 g/mol. The summed E-state index contributed by atoms with van der Waals surface area (Å²) in [6.45, 7) is 1.68. The highest BCUT2D eigenvalue weighted by molar-refractivity contribution is 5.13. The van der Waals surface area contributed by atoms with Gasteiger partial charge in [-0.05, 0) is 37.5 Å². The van der Waals surface area contributed by atoms with Gasteiger partial charge in [0.1, 0.15) is 0 Å². The third-order valence-corrected chi connectivity index (χ3v) is 4.88. The maximum absolute atomic E-state index is 5.90. The maximum atomic E-state index is 5.90. The molecule has 4 fully saturated rings. The van der Waals surface area contributed by atoms with Gasteiger partial charge in [0.2, 0.25) is 0 Å². The topological polar surface area (TPSA) is 18.5 Å². The summed E-state index contributed by atoms with van der Waals surface area (Å²) < 4.78 is 11.8. The fourth-order valence-electron chi connectivity index (χ4n) is 4.48. The number of fused-ring (bicyclic) bond motifs is 3. The van der Waals surface area contributed by atoms with Gasteiger partial charge < -0.3 is 9.47 Å². The van der Waals surface area contributed by atoms with Crippen molar-refractivity contribution < 1.29 is 9.47 Å². The van der Waals surface area contributed by atoms with Crippen LogP contribution in [0.25, 0.3) is 0 Å². The van der Waals surface area contributed by atoms with Crippen LogP contribution >= 0.6 is 0 Å². The standard InChI is InChI=1S/C11H16O2/c1-2-9-8-5-7(1)6-10(8)11(9)12-3-4-13-11/h7-10H,1-6H2. The Labute approximate surface area is 78.6 Å². The minimum absolute atomic E-state index is 0.0735. The Hall–Kier alpha value is -0.0800. The summed E-state index contributed by atoms with van der Waals surface area (Å²) >= 11 is 0. The second kappa shape index (κ2) is 2.12. The molecule has 4 aliphatic rings. The van der Waals surface area contributed by atoms with Crippen molar-refractivity contribution >= 4 is 0 Å². The van der Waals surface area contributed by atoms with Crippen LogP contribution in [0, 0.1) is 23.7 Å². The van der Waals surface area contributed by atoms with Crippen molar-refractivity contribution in [2.75, 3.05) is 13.2 Å². The molecule has 0 aromatic heterocycles. The van der Waals surface area contributed by atoms with E-state index < -0.39 is 0 Å². The maximum Gasteiger partial charge on any atom is 0.174 e. The molecule has 1 heterocycles. The predicted molar refractivity (Wildman–Crippen MR) is 47.1 cm³/mol. The molecule has 2 nitrogen and oxygen atoms in total. The molecule has 0 aromatic carbocycles. The summed E-state index contributed by atoms with van der Waals surface area (Å²) in [6, 6.07) is 0. The second-order valence-electron chi connectivity index (χ2n) is 5.21. The molecule has 0 radical (unpaired) electrons. The van der Waals surface area contributed by atoms with Gasteiger partial charge in [0, 0.05) is 11.8 Å². The van der Waals surface area contributed by atoms with E-state index in [-0.39, 0.29) is 5.79 Å². The third-order valence-electron chi connectivity index (χ3n) is 4.88. The lowest BCUT2D eigenvalue weighted by Crippen LogP contribution is -2.61. The molecule has 2 heteroatoms. The van der Waals surface area contributed by atoms with Crippen LogP contribution in [-0.2, 0) is 9.47 Å². The number of hydrogen-bond donors (Lipinski definition) is 0. The summed E-state index contributed by atoms with van der Waals surface area (Å²) in [5, 5.41) is 0. The molecular weight excluding hydrogens is 164 g/mol. The van der Waals surface area contributed by atoms with Crippen molar-refractivity contribution in [3.05, 3.63) is 0 Å². The van der Waals surface area contributed by atoms with Gasteiger partial charge in [0.25, 0.3) is 0 Å². The van der Waals surface area contributed by atoms with Gasteiger partial charge in [-0.3, -0.25) is 0 Å². The Balaban J connectivity index is 1.74. The molecule has 1 spiro atoms. The van der Waals surface area contributed by atoms with Crippen molar-refractivity contribution in [3.63, 3.8) is 0 Å². The molecule has 1 aliphatic heterocycles. The van der Waals surface area contributed by atoms with Crippen LogP contribution in [0.15, 0.2) is 0 Å². The van der Waals surface area contributed by atoms with Crippen molar-refractivity contribution in [2.45, 2.75) is 31.5 Å². The molecule has 3 aliphatic carbocycles. The summed E-state index contributed by atoms with van der Waals surface area (Å²) in [7, 11) is 0. The summed E-state index contributed by atoms with van der Waals surface area (Å²) in [6.07, 6.45) is 5.67. The lowest BCUT2D eigenvalue weighted by Gasteiger charge is -2.55. The van der Waals surface area contributed by atoms with Gasteiger partial charge in [-0.2, -0.15) is 0 Å². The molecule has 0 aromatic rings. The lowest BCUT2D eigenvalue weighted by molar-refractivity contribution is -0.312. The molecule has 1 saturated heterocycles. The summed E-state index contributed by atoms with van der Waals surface area (Å²) in [5.74, 6) is 3.44. The Bertz CT molecular complexity index is 236. The first-order chi connectivity index (χ1) is 6.40. The highest BCUT2D eigenvalue weighted by Crippen LogP contribution is 2.67. The van der Waals surface area contributed by atoms with Crippen molar-refractivity contribution in [2.24, 2.45) is 23.7 Å². The molecule has 13 heavy (non-hydrogen) atoms. The van der Waals surface area contributed by atoms with Gasteiger partial charge in [-0.1, -0.05) is 0 Å². The minimum Gasteiger partial charge on any atom is -0.347 e. The Morgan fingerprint density at radius 2 is 1.77 bits per heavy atom. The normalized spacial score (nSPS) is 55.4. The first-order valence-electron chi connectivity index (χ1n) is 5.68. The van der Waals surface area contributed by atoms with Crippen molar-refractivity contribution in [1.29, 1.82) is 0 Å². The number of ether oxygens (including phenoxy) is 2. The first-order valence-corrected chi connectivity index (χ1v) is 5.68. The van der Waals surface area contributed by atoms with E-state index >= 15 is 0 Å². The molecule has 0 N–H and O–H groups in total. The van der Waals surface area contributed by atoms with E-state index in [0.29, 0.717) is 0 Å². The van der Waals surface area contributed by atoms with Crippen LogP contribution in [0.4, 0.5) is 0 Å². The van der Waals surface area contributed by atoms with E-state index in [1.54, 1.807) is 0 Å². The van der Waals surface area contributed by atoms with E-state index in [1.165, 1.54) is 25.7 Å². The molecule has 72 valence electrons. The monoisotopic (exact) mass is 180 g/mol. The number of rotatable bonds is 0. The Morgan fingerprint density at radius 1 is 0.923 bits per heavy atom. The quantitative estimate of drug-likeness (QED) is 0.566. The van der Waals surface area contributed by atoms with Crippen molar-refractivity contribution in [1.82, 2.24) is 0 Å². The van der Waals surface area contributed by atoms with Crippen LogP contribution in [0.1, 0.15) is 25.7 Å². The van der Waals surface area contributed by atoms with E-state index in [1.807, 2.05) is 0 Å². The van der Waals surface area contributed by atoms with Crippen molar-refractivity contribution in [3.8, 4) is 0 Å². The van der Waals surface area contributed by atoms with Gasteiger partial charge in [-0.15, -0.1) is 0 Å². The zero-order chi connectivity index (χ0) is 8.47. The zero-order valence-corrected chi connectivity index (χ0v) is 7.87. The summed E-state index contributed by atoms with van der Waals surface area (Å²) in [4.78, 5) is 0. The average Bonchev–Trinajstić information content (AvgIpc) is 2.68. The van der Waals surface area contributed by atoms with Gasteiger partial charge >= 0.3 is 0 Å². The van der Waals surface area contributed by atoms with E-state index in [4.69, 9.17) is 9.47 Å². The van der Waals surface area contributed by atoms with Crippen LogP contribution in [0.2, 0.25) is 0 Å². The Kier molecular flexibility index (Phi) is 1.18. The van der Waals surface area contributed by atoms with Crippen LogP contribution in [-0.4, -0.2) is 19.0 Å². The molecular formula is C11H16O2.